The van der Waals surface area contributed by atoms with E-state index in [1.54, 1.807) is 6.07 Å². The third kappa shape index (κ3) is 6.22. The van der Waals surface area contributed by atoms with Crippen LogP contribution < -0.4 is 10.1 Å². The summed E-state index contributed by atoms with van der Waals surface area (Å²) >= 11 is 1.34. The summed E-state index contributed by atoms with van der Waals surface area (Å²) in [6, 6.07) is 7.32. The lowest BCUT2D eigenvalue weighted by molar-refractivity contribution is -0.274. The summed E-state index contributed by atoms with van der Waals surface area (Å²) in [4.78, 5) is 23.3. The van der Waals surface area contributed by atoms with Crippen molar-refractivity contribution in [2.45, 2.75) is 38.5 Å². The molecule has 0 atom stereocenters. The first-order valence-corrected chi connectivity index (χ1v) is 10.0. The largest absolute Gasteiger partial charge is 0.573 e. The van der Waals surface area contributed by atoms with Gasteiger partial charge >= 0.3 is 12.3 Å². The van der Waals surface area contributed by atoms with Gasteiger partial charge in [-0.25, -0.2) is 0 Å². The van der Waals surface area contributed by atoms with Gasteiger partial charge in [0.1, 0.15) is 5.75 Å². The Kier molecular flexibility index (Phi) is 6.46. The molecule has 2 N–H and O–H groups in total. The highest BCUT2D eigenvalue weighted by molar-refractivity contribution is 7.14. The number of aliphatic carboxylic acids is 1. The fourth-order valence-corrected chi connectivity index (χ4v) is 4.31. The van der Waals surface area contributed by atoms with E-state index < -0.39 is 12.3 Å². The Hall–Kier alpha value is -2.55. The number of nitrogens with one attached hydrogen (secondary N) is 1. The molecular formula is C20H20F3NO4S. The van der Waals surface area contributed by atoms with Crippen LogP contribution in [0.25, 0.3) is 11.1 Å². The second-order valence-electron chi connectivity index (χ2n) is 7.08. The molecule has 1 aliphatic carbocycles. The van der Waals surface area contributed by atoms with Crippen molar-refractivity contribution in [2.75, 3.05) is 5.32 Å². The molecule has 0 bridgehead atoms. The average Bonchev–Trinajstić information content (AvgIpc) is 3.09. The number of rotatable bonds is 6. The Morgan fingerprint density at radius 1 is 1.10 bits per heavy atom. The topological polar surface area (TPSA) is 75.6 Å². The standard InChI is InChI=1S/C20H20F3NO4S/c21-20(22,23)28-16-7-5-13(6-8-16)15-10-17(29-11-15)24-19(27)14-3-1-12(2-4-14)9-18(25)26/h5-8,10-12,14H,1-4,9H2,(H,24,27)(H,25,26). The molecule has 0 spiro atoms. The first-order chi connectivity index (χ1) is 13.7. The second-order valence-corrected chi connectivity index (χ2v) is 7.99. The number of carboxylic acid groups (broad SMARTS) is 1. The lowest BCUT2D eigenvalue weighted by atomic mass is 9.80. The van der Waals surface area contributed by atoms with E-state index in [9.17, 15) is 22.8 Å². The SMILES string of the molecule is O=C(O)CC1CCC(C(=O)Nc2cc(-c3ccc(OC(F)(F)F)cc3)cs2)CC1. The summed E-state index contributed by atoms with van der Waals surface area (Å²) in [6.45, 7) is 0. The minimum atomic E-state index is -4.73. The lowest BCUT2D eigenvalue weighted by Crippen LogP contribution is -2.27. The number of carboxylic acids is 1. The van der Waals surface area contributed by atoms with Gasteiger partial charge in [-0.15, -0.1) is 24.5 Å². The smallest absolute Gasteiger partial charge is 0.481 e. The van der Waals surface area contributed by atoms with E-state index in [0.717, 1.165) is 18.4 Å². The number of alkyl halides is 3. The average molecular weight is 427 g/mol. The van der Waals surface area contributed by atoms with Crippen molar-refractivity contribution in [2.24, 2.45) is 11.8 Å². The van der Waals surface area contributed by atoms with Crippen LogP contribution in [-0.2, 0) is 9.59 Å². The number of benzene rings is 1. The summed E-state index contributed by atoms with van der Waals surface area (Å²) in [6.07, 6.45) is -1.78. The van der Waals surface area contributed by atoms with Gasteiger partial charge in [-0.3, -0.25) is 9.59 Å². The molecule has 2 aromatic rings. The first kappa shape index (κ1) is 21.2. The number of amides is 1. The Balaban J connectivity index is 1.55. The van der Waals surface area contributed by atoms with Gasteiger partial charge in [0.25, 0.3) is 0 Å². The van der Waals surface area contributed by atoms with Crippen molar-refractivity contribution in [1.29, 1.82) is 0 Å². The molecule has 3 rings (SSSR count). The normalized spacial score (nSPS) is 19.6. The minimum absolute atomic E-state index is 0.0823. The highest BCUT2D eigenvalue weighted by Gasteiger charge is 2.31. The summed E-state index contributed by atoms with van der Waals surface area (Å²) in [5, 5.41) is 14.2. The van der Waals surface area contributed by atoms with Crippen LogP contribution in [0.3, 0.4) is 0 Å². The maximum absolute atomic E-state index is 12.5. The molecule has 1 fully saturated rings. The van der Waals surface area contributed by atoms with Crippen molar-refractivity contribution in [3.63, 3.8) is 0 Å². The van der Waals surface area contributed by atoms with Crippen LogP contribution in [0.15, 0.2) is 35.7 Å². The van der Waals surface area contributed by atoms with E-state index in [2.05, 4.69) is 10.1 Å². The van der Waals surface area contributed by atoms with Crippen LogP contribution in [0.5, 0.6) is 5.75 Å². The molecule has 1 amide bonds. The minimum Gasteiger partial charge on any atom is -0.481 e. The summed E-state index contributed by atoms with van der Waals surface area (Å²) in [5.74, 6) is -1.18. The maximum Gasteiger partial charge on any atom is 0.573 e. The fraction of sp³-hybridized carbons (Fsp3) is 0.400. The molecule has 1 aromatic heterocycles. The van der Waals surface area contributed by atoms with Gasteiger partial charge in [0.05, 0.1) is 5.00 Å². The molecule has 5 nitrogen and oxygen atoms in total. The molecule has 0 radical (unpaired) electrons. The molecule has 0 aliphatic heterocycles. The Bertz CT molecular complexity index is 855. The zero-order chi connectivity index (χ0) is 21.0. The number of halogens is 3. The van der Waals surface area contributed by atoms with Gasteiger partial charge in [-0.2, -0.15) is 0 Å². The predicted octanol–water partition coefficient (Wildman–Crippen LogP) is 5.53. The van der Waals surface area contributed by atoms with Crippen molar-refractivity contribution in [3.05, 3.63) is 35.7 Å². The van der Waals surface area contributed by atoms with Crippen LogP contribution >= 0.6 is 11.3 Å². The molecule has 1 aromatic carbocycles. The van der Waals surface area contributed by atoms with E-state index in [1.165, 1.54) is 35.6 Å². The van der Waals surface area contributed by atoms with Crippen LogP contribution in [0, 0.1) is 11.8 Å². The monoisotopic (exact) mass is 427 g/mol. The van der Waals surface area contributed by atoms with Gasteiger partial charge in [-0.1, -0.05) is 12.1 Å². The number of carbonyl (C=O) groups excluding carboxylic acids is 1. The van der Waals surface area contributed by atoms with Crippen LogP contribution in [-0.4, -0.2) is 23.3 Å². The fourth-order valence-electron chi connectivity index (χ4n) is 3.50. The number of ether oxygens (including phenoxy) is 1. The van der Waals surface area contributed by atoms with Crippen molar-refractivity contribution >= 4 is 28.2 Å². The molecule has 0 unspecified atom stereocenters. The quantitative estimate of drug-likeness (QED) is 0.635. The van der Waals surface area contributed by atoms with Gasteiger partial charge in [0, 0.05) is 17.7 Å². The Morgan fingerprint density at radius 2 is 1.76 bits per heavy atom. The van der Waals surface area contributed by atoms with Crippen LogP contribution in [0.1, 0.15) is 32.1 Å². The number of hydrogen-bond donors (Lipinski definition) is 2. The van der Waals surface area contributed by atoms with E-state index in [4.69, 9.17) is 5.11 Å². The third-order valence-electron chi connectivity index (χ3n) is 4.95. The molecule has 1 saturated carbocycles. The predicted molar refractivity (Wildman–Crippen MR) is 103 cm³/mol. The zero-order valence-corrected chi connectivity index (χ0v) is 16.2. The second kappa shape index (κ2) is 8.86. The summed E-state index contributed by atoms with van der Waals surface area (Å²) < 4.78 is 40.6. The molecule has 0 saturated heterocycles. The Morgan fingerprint density at radius 3 is 2.34 bits per heavy atom. The first-order valence-electron chi connectivity index (χ1n) is 9.17. The van der Waals surface area contributed by atoms with Crippen LogP contribution in [0.4, 0.5) is 18.2 Å². The van der Waals surface area contributed by atoms with Crippen molar-refractivity contribution < 1.29 is 32.6 Å². The van der Waals surface area contributed by atoms with Crippen molar-refractivity contribution in [3.8, 4) is 16.9 Å². The maximum atomic E-state index is 12.5. The lowest BCUT2D eigenvalue weighted by Gasteiger charge is -2.26. The van der Waals surface area contributed by atoms with E-state index in [0.29, 0.717) is 23.4 Å². The number of thiophene rings is 1. The van der Waals surface area contributed by atoms with Gasteiger partial charge in [-0.05, 0) is 60.9 Å². The number of anilines is 1. The van der Waals surface area contributed by atoms with Gasteiger partial charge in [0.15, 0.2) is 0 Å². The number of carbonyl (C=O) groups is 2. The van der Waals surface area contributed by atoms with Gasteiger partial charge in [0.2, 0.25) is 5.91 Å². The highest BCUT2D eigenvalue weighted by Crippen LogP contribution is 2.34. The number of hydrogen-bond acceptors (Lipinski definition) is 4. The highest BCUT2D eigenvalue weighted by atomic mass is 32.1. The molecule has 1 heterocycles. The van der Waals surface area contributed by atoms with Crippen LogP contribution in [0.2, 0.25) is 0 Å². The zero-order valence-electron chi connectivity index (χ0n) is 15.4. The molecule has 156 valence electrons. The Labute approximate surface area is 169 Å². The summed E-state index contributed by atoms with van der Waals surface area (Å²) in [5.41, 5.74) is 1.50. The molecule has 1 aliphatic rings. The third-order valence-corrected chi connectivity index (χ3v) is 5.79. The summed E-state index contributed by atoms with van der Waals surface area (Å²) in [7, 11) is 0. The molecule has 29 heavy (non-hydrogen) atoms. The van der Waals surface area contributed by atoms with E-state index in [1.807, 2.05) is 5.38 Å². The molecule has 9 heteroatoms. The van der Waals surface area contributed by atoms with Gasteiger partial charge < -0.3 is 15.2 Å². The van der Waals surface area contributed by atoms with E-state index in [-0.39, 0.29) is 29.9 Å². The molecular weight excluding hydrogens is 407 g/mol. The van der Waals surface area contributed by atoms with E-state index >= 15 is 0 Å². The van der Waals surface area contributed by atoms with Crippen molar-refractivity contribution in [1.82, 2.24) is 0 Å².